The third-order valence-corrected chi connectivity index (χ3v) is 8.45. The van der Waals surface area contributed by atoms with E-state index < -0.39 is 0 Å². The van der Waals surface area contributed by atoms with Gasteiger partial charge in [-0.05, 0) is 85.4 Å². The molecule has 1 saturated heterocycles. The van der Waals surface area contributed by atoms with Crippen molar-refractivity contribution in [2.75, 3.05) is 13.2 Å². The molecule has 1 nitrogen and oxygen atoms in total. The molecule has 4 rings (SSSR count). The van der Waals surface area contributed by atoms with Crippen LogP contribution in [-0.4, -0.2) is 13.2 Å². The first-order valence-corrected chi connectivity index (χ1v) is 9.67. The molecule has 0 radical (unpaired) electrons. The molecule has 8 atom stereocenters. The molecule has 0 aromatic heterocycles. The summed E-state index contributed by atoms with van der Waals surface area (Å²) < 4.78 is 6.02. The van der Waals surface area contributed by atoms with Crippen molar-refractivity contribution in [3.05, 3.63) is 0 Å². The van der Waals surface area contributed by atoms with E-state index in [1.807, 2.05) is 0 Å². The molecule has 0 spiro atoms. The molecule has 8 unspecified atom stereocenters. The fourth-order valence-corrected chi connectivity index (χ4v) is 6.92. The van der Waals surface area contributed by atoms with E-state index in [-0.39, 0.29) is 0 Å². The summed E-state index contributed by atoms with van der Waals surface area (Å²) >= 11 is 0. The lowest BCUT2D eigenvalue weighted by atomic mass is 9.47. The van der Waals surface area contributed by atoms with E-state index >= 15 is 0 Å². The molecule has 1 heterocycles. The number of hydrogen-bond donors (Lipinski definition) is 0. The molecule has 3 saturated carbocycles. The Morgan fingerprint density at radius 1 is 0.857 bits per heavy atom. The van der Waals surface area contributed by atoms with Crippen LogP contribution in [0, 0.1) is 46.8 Å². The van der Waals surface area contributed by atoms with Gasteiger partial charge in [-0.25, -0.2) is 0 Å². The predicted octanol–water partition coefficient (Wildman–Crippen LogP) is 5.15. The highest BCUT2D eigenvalue weighted by atomic mass is 16.5. The fraction of sp³-hybridized carbons (Fsp3) is 1.00. The smallest absolute Gasteiger partial charge is 0.0502 e. The molecule has 4 aliphatic rings. The Morgan fingerprint density at radius 2 is 1.67 bits per heavy atom. The van der Waals surface area contributed by atoms with Gasteiger partial charge in [0.25, 0.3) is 0 Å². The Labute approximate surface area is 131 Å². The molecule has 3 aliphatic carbocycles. The van der Waals surface area contributed by atoms with Crippen molar-refractivity contribution in [1.29, 1.82) is 0 Å². The Bertz CT molecular complexity index is 391. The van der Waals surface area contributed by atoms with Crippen LogP contribution in [0.1, 0.15) is 65.7 Å². The second kappa shape index (κ2) is 5.25. The van der Waals surface area contributed by atoms with Gasteiger partial charge in [0.1, 0.15) is 0 Å². The van der Waals surface area contributed by atoms with Crippen molar-refractivity contribution >= 4 is 0 Å². The van der Waals surface area contributed by atoms with E-state index in [2.05, 4.69) is 20.8 Å². The maximum atomic E-state index is 6.02. The summed E-state index contributed by atoms with van der Waals surface area (Å²) in [5.74, 6) is 6.80. The predicted molar refractivity (Wildman–Crippen MR) is 87.0 cm³/mol. The minimum atomic E-state index is 0.578. The van der Waals surface area contributed by atoms with E-state index in [4.69, 9.17) is 4.74 Å². The van der Waals surface area contributed by atoms with Crippen LogP contribution in [0.15, 0.2) is 0 Å². The lowest BCUT2D eigenvalue weighted by Crippen LogP contribution is -2.55. The van der Waals surface area contributed by atoms with E-state index in [1.54, 1.807) is 0 Å². The number of rotatable bonds is 0. The summed E-state index contributed by atoms with van der Waals surface area (Å²) in [7, 11) is 0. The van der Waals surface area contributed by atoms with Gasteiger partial charge in [0.2, 0.25) is 0 Å². The number of fused-ring (bicyclic) bond motifs is 5. The first-order chi connectivity index (χ1) is 10.1. The minimum absolute atomic E-state index is 0.578. The van der Waals surface area contributed by atoms with Gasteiger partial charge in [-0.2, -0.15) is 0 Å². The molecule has 0 aromatic rings. The number of hydrogen-bond acceptors (Lipinski definition) is 1. The van der Waals surface area contributed by atoms with Gasteiger partial charge in [-0.15, -0.1) is 0 Å². The van der Waals surface area contributed by atoms with Crippen molar-refractivity contribution in [2.45, 2.75) is 65.7 Å². The van der Waals surface area contributed by atoms with Crippen LogP contribution in [0.2, 0.25) is 0 Å². The highest BCUT2D eigenvalue weighted by Gasteiger charge is 2.54. The summed E-state index contributed by atoms with van der Waals surface area (Å²) in [6, 6.07) is 0. The van der Waals surface area contributed by atoms with E-state index in [9.17, 15) is 0 Å². The molecule has 0 amide bonds. The van der Waals surface area contributed by atoms with Crippen molar-refractivity contribution in [3.63, 3.8) is 0 Å². The largest absolute Gasteiger partial charge is 0.381 e. The van der Waals surface area contributed by atoms with Crippen molar-refractivity contribution in [1.82, 2.24) is 0 Å². The summed E-state index contributed by atoms with van der Waals surface area (Å²) in [6.07, 6.45) is 10.6. The summed E-state index contributed by atoms with van der Waals surface area (Å²) in [5.41, 5.74) is 0.578. The topological polar surface area (TPSA) is 9.23 Å². The molecular formula is C20H34O. The lowest BCUT2D eigenvalue weighted by molar-refractivity contribution is -0.159. The molecule has 120 valence electrons. The van der Waals surface area contributed by atoms with E-state index in [1.165, 1.54) is 44.9 Å². The first-order valence-electron chi connectivity index (χ1n) is 9.67. The van der Waals surface area contributed by atoms with Crippen LogP contribution < -0.4 is 0 Å². The van der Waals surface area contributed by atoms with Crippen LogP contribution in [-0.2, 0) is 4.74 Å². The SMILES string of the molecule is CC1CCC2C(CCC3C2CCC2(C)C(C)COCC32)C1. The zero-order valence-electron chi connectivity index (χ0n) is 14.3. The Balaban J connectivity index is 1.57. The van der Waals surface area contributed by atoms with Gasteiger partial charge < -0.3 is 4.74 Å². The average Bonchev–Trinajstić information content (AvgIpc) is 2.48. The second-order valence-electron chi connectivity index (χ2n) is 9.34. The summed E-state index contributed by atoms with van der Waals surface area (Å²) in [5, 5.41) is 0. The van der Waals surface area contributed by atoms with Crippen molar-refractivity contribution in [3.8, 4) is 0 Å². The van der Waals surface area contributed by atoms with Gasteiger partial charge >= 0.3 is 0 Å². The van der Waals surface area contributed by atoms with Gasteiger partial charge in [-0.3, -0.25) is 0 Å². The van der Waals surface area contributed by atoms with Crippen LogP contribution in [0.4, 0.5) is 0 Å². The van der Waals surface area contributed by atoms with Gasteiger partial charge in [-0.1, -0.05) is 27.2 Å². The van der Waals surface area contributed by atoms with E-state index in [0.29, 0.717) is 5.41 Å². The molecule has 0 bridgehead atoms. The monoisotopic (exact) mass is 290 g/mol. The standard InChI is InChI=1S/C20H34O/c1-13-4-6-16-15(10-13)5-7-18-17(16)8-9-20(3)14(2)11-21-12-19(18)20/h13-19H,4-12H2,1-3H3. The normalized spacial score (nSPS) is 57.0. The average molecular weight is 290 g/mol. The molecule has 0 aromatic carbocycles. The second-order valence-corrected chi connectivity index (χ2v) is 9.34. The Hall–Kier alpha value is -0.0400. The minimum Gasteiger partial charge on any atom is -0.381 e. The fourth-order valence-electron chi connectivity index (χ4n) is 6.92. The van der Waals surface area contributed by atoms with Gasteiger partial charge in [0, 0.05) is 6.61 Å². The summed E-state index contributed by atoms with van der Waals surface area (Å²) in [4.78, 5) is 0. The Kier molecular flexibility index (Phi) is 3.64. The molecule has 21 heavy (non-hydrogen) atoms. The van der Waals surface area contributed by atoms with E-state index in [0.717, 1.165) is 54.6 Å². The highest BCUT2D eigenvalue weighted by molar-refractivity contribution is 5.03. The van der Waals surface area contributed by atoms with Crippen LogP contribution in [0.3, 0.4) is 0 Å². The highest BCUT2D eigenvalue weighted by Crippen LogP contribution is 2.60. The zero-order valence-corrected chi connectivity index (χ0v) is 14.3. The maximum Gasteiger partial charge on any atom is 0.0502 e. The first kappa shape index (κ1) is 14.5. The molecule has 1 heteroatoms. The van der Waals surface area contributed by atoms with Gasteiger partial charge in [0.15, 0.2) is 0 Å². The van der Waals surface area contributed by atoms with Gasteiger partial charge in [0.05, 0.1) is 6.61 Å². The van der Waals surface area contributed by atoms with Crippen LogP contribution >= 0.6 is 0 Å². The lowest BCUT2D eigenvalue weighted by Gasteiger charge is -2.59. The zero-order chi connectivity index (χ0) is 14.6. The third kappa shape index (κ3) is 2.21. The van der Waals surface area contributed by atoms with Crippen LogP contribution in [0.5, 0.6) is 0 Å². The number of ether oxygens (including phenoxy) is 1. The molecule has 1 aliphatic heterocycles. The molecule has 0 N–H and O–H groups in total. The van der Waals surface area contributed by atoms with Crippen LogP contribution in [0.25, 0.3) is 0 Å². The third-order valence-electron chi connectivity index (χ3n) is 8.45. The quantitative estimate of drug-likeness (QED) is 0.599. The maximum absolute atomic E-state index is 6.02. The van der Waals surface area contributed by atoms with Crippen molar-refractivity contribution in [2.24, 2.45) is 46.8 Å². The molecular weight excluding hydrogens is 256 g/mol. The summed E-state index contributed by atoms with van der Waals surface area (Å²) in [6.45, 7) is 9.59. The Morgan fingerprint density at radius 3 is 2.52 bits per heavy atom. The molecule has 4 fully saturated rings. The van der Waals surface area contributed by atoms with Crippen molar-refractivity contribution < 1.29 is 4.74 Å².